The van der Waals surface area contributed by atoms with E-state index in [1.54, 1.807) is 0 Å². The lowest BCUT2D eigenvalue weighted by atomic mass is 10.1. The zero-order chi connectivity index (χ0) is 11.0. The van der Waals surface area contributed by atoms with E-state index in [9.17, 15) is 5.11 Å². The van der Waals surface area contributed by atoms with E-state index in [1.165, 1.54) is 0 Å². The van der Waals surface area contributed by atoms with Gasteiger partial charge in [-0.3, -0.25) is 0 Å². The zero-order valence-corrected chi connectivity index (χ0v) is 9.92. The van der Waals surface area contributed by atoms with Crippen molar-refractivity contribution in [2.24, 2.45) is 5.92 Å². The Morgan fingerprint density at radius 3 is 2.36 bits per heavy atom. The molecule has 0 saturated carbocycles. The fourth-order valence-electron chi connectivity index (χ4n) is 1.02. The molecule has 0 aliphatic heterocycles. The standard InChI is InChI=1S/C11H25NO2/c1-9(2)5-6-12-7-11(13)8-14-10(3)4/h9-13H,5-8H2,1-4H3. The summed E-state index contributed by atoms with van der Waals surface area (Å²) >= 11 is 0. The third-order valence-electron chi connectivity index (χ3n) is 1.90. The third kappa shape index (κ3) is 9.96. The van der Waals surface area contributed by atoms with Gasteiger partial charge in [-0.15, -0.1) is 0 Å². The van der Waals surface area contributed by atoms with Crippen LogP contribution in [0.25, 0.3) is 0 Å². The number of hydrogen-bond donors (Lipinski definition) is 2. The second-order valence-electron chi connectivity index (χ2n) is 4.42. The summed E-state index contributed by atoms with van der Waals surface area (Å²) in [4.78, 5) is 0. The van der Waals surface area contributed by atoms with Gasteiger partial charge in [-0.25, -0.2) is 0 Å². The van der Waals surface area contributed by atoms with Crippen molar-refractivity contribution in [2.45, 2.75) is 46.3 Å². The maximum atomic E-state index is 9.48. The van der Waals surface area contributed by atoms with Crippen LogP contribution in [0.15, 0.2) is 0 Å². The molecule has 0 spiro atoms. The summed E-state index contributed by atoms with van der Waals surface area (Å²) in [5, 5.41) is 12.7. The van der Waals surface area contributed by atoms with Gasteiger partial charge in [0.1, 0.15) is 0 Å². The molecule has 0 aromatic rings. The zero-order valence-electron chi connectivity index (χ0n) is 9.92. The number of nitrogens with one attached hydrogen (secondary N) is 1. The second-order valence-corrected chi connectivity index (χ2v) is 4.42. The highest BCUT2D eigenvalue weighted by atomic mass is 16.5. The highest BCUT2D eigenvalue weighted by molar-refractivity contribution is 4.59. The fourth-order valence-corrected chi connectivity index (χ4v) is 1.02. The molecule has 3 nitrogen and oxygen atoms in total. The van der Waals surface area contributed by atoms with Gasteiger partial charge in [0.15, 0.2) is 0 Å². The molecule has 0 aliphatic rings. The second kappa shape index (κ2) is 8.21. The molecule has 86 valence electrons. The van der Waals surface area contributed by atoms with E-state index in [0.29, 0.717) is 19.1 Å². The number of aliphatic hydroxyl groups is 1. The molecular weight excluding hydrogens is 178 g/mol. The molecule has 3 heteroatoms. The Kier molecular flexibility index (Phi) is 8.14. The van der Waals surface area contributed by atoms with Gasteiger partial charge < -0.3 is 15.2 Å². The van der Waals surface area contributed by atoms with Crippen LogP contribution in [-0.4, -0.2) is 37.0 Å². The first-order valence-corrected chi connectivity index (χ1v) is 5.52. The predicted octanol–water partition coefficient (Wildman–Crippen LogP) is 1.41. The van der Waals surface area contributed by atoms with Crippen molar-refractivity contribution in [3.63, 3.8) is 0 Å². The summed E-state index contributed by atoms with van der Waals surface area (Å²) in [5.74, 6) is 0.714. The molecule has 0 radical (unpaired) electrons. The normalized spacial score (nSPS) is 13.9. The fraction of sp³-hybridized carbons (Fsp3) is 1.00. The van der Waals surface area contributed by atoms with E-state index in [0.717, 1.165) is 13.0 Å². The van der Waals surface area contributed by atoms with Crippen LogP contribution in [0.4, 0.5) is 0 Å². The maximum absolute atomic E-state index is 9.48. The first kappa shape index (κ1) is 13.9. The van der Waals surface area contributed by atoms with Crippen LogP contribution in [0.2, 0.25) is 0 Å². The van der Waals surface area contributed by atoms with E-state index >= 15 is 0 Å². The average molecular weight is 203 g/mol. The molecule has 0 aromatic heterocycles. The van der Waals surface area contributed by atoms with E-state index in [4.69, 9.17) is 4.74 Å². The summed E-state index contributed by atoms with van der Waals surface area (Å²) in [6, 6.07) is 0. The van der Waals surface area contributed by atoms with E-state index < -0.39 is 0 Å². The molecule has 0 amide bonds. The van der Waals surface area contributed by atoms with E-state index in [-0.39, 0.29) is 12.2 Å². The summed E-state index contributed by atoms with van der Waals surface area (Å²) < 4.78 is 5.29. The van der Waals surface area contributed by atoms with Crippen molar-refractivity contribution < 1.29 is 9.84 Å². The van der Waals surface area contributed by atoms with Gasteiger partial charge in [0.2, 0.25) is 0 Å². The Bertz CT molecular complexity index is 126. The summed E-state index contributed by atoms with van der Waals surface area (Å²) in [5.41, 5.74) is 0. The molecule has 0 heterocycles. The van der Waals surface area contributed by atoms with Crippen molar-refractivity contribution in [1.29, 1.82) is 0 Å². The minimum atomic E-state index is -0.385. The van der Waals surface area contributed by atoms with Crippen molar-refractivity contribution >= 4 is 0 Å². The average Bonchev–Trinajstić information content (AvgIpc) is 2.08. The van der Waals surface area contributed by atoms with Gasteiger partial charge in [-0.05, 0) is 32.7 Å². The summed E-state index contributed by atoms with van der Waals surface area (Å²) in [7, 11) is 0. The van der Waals surface area contributed by atoms with Gasteiger partial charge >= 0.3 is 0 Å². The summed E-state index contributed by atoms with van der Waals surface area (Å²) in [6.45, 7) is 10.3. The topological polar surface area (TPSA) is 41.5 Å². The maximum Gasteiger partial charge on any atom is 0.0897 e. The van der Waals surface area contributed by atoms with Gasteiger partial charge in [0.05, 0.1) is 18.8 Å². The summed E-state index contributed by atoms with van der Waals surface area (Å²) in [6.07, 6.45) is 0.961. The minimum absolute atomic E-state index is 0.195. The van der Waals surface area contributed by atoms with Crippen LogP contribution >= 0.6 is 0 Å². The van der Waals surface area contributed by atoms with Crippen LogP contribution < -0.4 is 5.32 Å². The highest BCUT2D eigenvalue weighted by Crippen LogP contribution is 1.96. The van der Waals surface area contributed by atoms with Crippen molar-refractivity contribution in [2.75, 3.05) is 19.7 Å². The van der Waals surface area contributed by atoms with Crippen molar-refractivity contribution in [3.8, 4) is 0 Å². The molecule has 0 saturated heterocycles. The predicted molar refractivity (Wildman–Crippen MR) is 59.4 cm³/mol. The third-order valence-corrected chi connectivity index (χ3v) is 1.90. The Morgan fingerprint density at radius 2 is 1.86 bits per heavy atom. The lowest BCUT2D eigenvalue weighted by Crippen LogP contribution is -2.32. The Labute approximate surface area is 87.8 Å². The first-order valence-electron chi connectivity index (χ1n) is 5.52. The molecule has 1 unspecified atom stereocenters. The Morgan fingerprint density at radius 1 is 1.21 bits per heavy atom. The lowest BCUT2D eigenvalue weighted by molar-refractivity contribution is 0.00641. The molecule has 0 bridgehead atoms. The van der Waals surface area contributed by atoms with E-state index in [2.05, 4.69) is 19.2 Å². The van der Waals surface area contributed by atoms with E-state index in [1.807, 2.05) is 13.8 Å². The first-order chi connectivity index (χ1) is 6.52. The smallest absolute Gasteiger partial charge is 0.0897 e. The largest absolute Gasteiger partial charge is 0.389 e. The number of hydrogen-bond acceptors (Lipinski definition) is 3. The Balaban J connectivity index is 3.22. The van der Waals surface area contributed by atoms with Crippen molar-refractivity contribution in [1.82, 2.24) is 5.32 Å². The molecule has 0 fully saturated rings. The van der Waals surface area contributed by atoms with Gasteiger partial charge in [-0.2, -0.15) is 0 Å². The van der Waals surface area contributed by atoms with Crippen LogP contribution in [-0.2, 0) is 4.74 Å². The molecule has 0 rings (SSSR count). The monoisotopic (exact) mass is 203 g/mol. The van der Waals surface area contributed by atoms with Gasteiger partial charge in [-0.1, -0.05) is 13.8 Å². The van der Waals surface area contributed by atoms with Crippen LogP contribution in [0.3, 0.4) is 0 Å². The van der Waals surface area contributed by atoms with Crippen LogP contribution in [0.5, 0.6) is 0 Å². The lowest BCUT2D eigenvalue weighted by Gasteiger charge is -2.14. The number of aliphatic hydroxyl groups excluding tert-OH is 1. The molecular formula is C11H25NO2. The Hall–Kier alpha value is -0.120. The quantitative estimate of drug-likeness (QED) is 0.586. The minimum Gasteiger partial charge on any atom is -0.389 e. The SMILES string of the molecule is CC(C)CCNCC(O)COC(C)C. The number of rotatable bonds is 8. The number of ether oxygens (including phenoxy) is 1. The van der Waals surface area contributed by atoms with Crippen LogP contribution in [0, 0.1) is 5.92 Å². The highest BCUT2D eigenvalue weighted by Gasteiger charge is 2.04. The van der Waals surface area contributed by atoms with Gasteiger partial charge in [0.25, 0.3) is 0 Å². The van der Waals surface area contributed by atoms with Crippen LogP contribution in [0.1, 0.15) is 34.1 Å². The molecule has 14 heavy (non-hydrogen) atoms. The molecule has 1 atom stereocenters. The van der Waals surface area contributed by atoms with Crippen molar-refractivity contribution in [3.05, 3.63) is 0 Å². The molecule has 0 aromatic carbocycles. The molecule has 0 aliphatic carbocycles. The van der Waals surface area contributed by atoms with Gasteiger partial charge in [0, 0.05) is 6.54 Å². The molecule has 2 N–H and O–H groups in total.